The molecule has 0 spiro atoms. The van der Waals surface area contributed by atoms with E-state index in [-0.39, 0.29) is 11.6 Å². The lowest BCUT2D eigenvalue weighted by atomic mass is 10.1. The normalized spacial score (nSPS) is 11.1. The molecule has 0 saturated carbocycles. The van der Waals surface area contributed by atoms with E-state index in [2.05, 4.69) is 11.3 Å². The Morgan fingerprint density at radius 2 is 1.66 bits per heavy atom. The van der Waals surface area contributed by atoms with Gasteiger partial charge in [0.25, 0.3) is 15.9 Å². The monoisotopic (exact) mass is 456 g/mol. The number of anilines is 1. The van der Waals surface area contributed by atoms with Gasteiger partial charge in [-0.05, 0) is 54.4 Å². The molecule has 1 amide bonds. The lowest BCUT2D eigenvalue weighted by molar-refractivity contribution is 0.0775. The molecule has 0 saturated heterocycles. The van der Waals surface area contributed by atoms with E-state index in [1.54, 1.807) is 11.0 Å². The quantitative estimate of drug-likeness (QED) is 0.477. The van der Waals surface area contributed by atoms with Gasteiger partial charge in [-0.15, -0.1) is 6.58 Å². The number of halogens is 2. The lowest BCUT2D eigenvalue weighted by Crippen LogP contribution is -2.33. The number of nitrogens with one attached hydrogen (secondary N) is 1. The number of benzene rings is 3. The molecule has 0 aliphatic rings. The molecule has 0 atom stereocenters. The Balaban J connectivity index is 1.70. The van der Waals surface area contributed by atoms with E-state index in [0.29, 0.717) is 31.1 Å². The molecule has 0 radical (unpaired) electrons. The van der Waals surface area contributed by atoms with Crippen molar-refractivity contribution in [1.29, 1.82) is 0 Å². The van der Waals surface area contributed by atoms with Crippen LogP contribution >= 0.6 is 0 Å². The summed E-state index contributed by atoms with van der Waals surface area (Å²) in [5.41, 5.74) is 1.68. The van der Waals surface area contributed by atoms with Crippen LogP contribution in [0.4, 0.5) is 14.5 Å². The molecule has 3 aromatic carbocycles. The van der Waals surface area contributed by atoms with Crippen LogP contribution in [-0.2, 0) is 16.4 Å². The van der Waals surface area contributed by atoms with Gasteiger partial charge in [0.2, 0.25) is 0 Å². The van der Waals surface area contributed by atoms with E-state index >= 15 is 0 Å². The third-order valence-corrected chi connectivity index (χ3v) is 6.11. The van der Waals surface area contributed by atoms with Gasteiger partial charge in [-0.3, -0.25) is 9.52 Å². The van der Waals surface area contributed by atoms with Crippen molar-refractivity contribution in [1.82, 2.24) is 4.90 Å². The van der Waals surface area contributed by atoms with Crippen molar-refractivity contribution in [3.05, 3.63) is 108 Å². The van der Waals surface area contributed by atoms with Crippen molar-refractivity contribution < 1.29 is 22.0 Å². The van der Waals surface area contributed by atoms with E-state index < -0.39 is 26.6 Å². The summed E-state index contributed by atoms with van der Waals surface area (Å²) in [7, 11) is -4.12. The molecule has 0 bridgehead atoms. The van der Waals surface area contributed by atoms with Crippen molar-refractivity contribution in [3.8, 4) is 0 Å². The van der Waals surface area contributed by atoms with Crippen LogP contribution in [0.5, 0.6) is 0 Å². The van der Waals surface area contributed by atoms with Crippen molar-refractivity contribution in [3.63, 3.8) is 0 Å². The minimum Gasteiger partial charge on any atom is -0.335 e. The van der Waals surface area contributed by atoms with Crippen LogP contribution in [-0.4, -0.2) is 32.3 Å². The van der Waals surface area contributed by atoms with Gasteiger partial charge in [0.15, 0.2) is 11.6 Å². The molecule has 0 heterocycles. The third kappa shape index (κ3) is 5.79. The van der Waals surface area contributed by atoms with Crippen molar-refractivity contribution in [2.45, 2.75) is 11.3 Å². The molecule has 1 N–H and O–H groups in total. The molecule has 0 fully saturated rings. The van der Waals surface area contributed by atoms with Crippen molar-refractivity contribution in [2.24, 2.45) is 0 Å². The van der Waals surface area contributed by atoms with Gasteiger partial charge in [-0.2, -0.15) is 0 Å². The zero-order chi connectivity index (χ0) is 23.1. The molecular formula is C24H22F2N2O3S. The second-order valence-electron chi connectivity index (χ2n) is 7.03. The van der Waals surface area contributed by atoms with Gasteiger partial charge in [0, 0.05) is 24.3 Å². The summed E-state index contributed by atoms with van der Waals surface area (Å²) in [6.07, 6.45) is 2.33. The maximum absolute atomic E-state index is 13.4. The zero-order valence-corrected chi connectivity index (χ0v) is 18.0. The Morgan fingerprint density at radius 1 is 0.969 bits per heavy atom. The first-order valence-electron chi connectivity index (χ1n) is 9.82. The van der Waals surface area contributed by atoms with Crippen LogP contribution < -0.4 is 4.72 Å². The summed E-state index contributed by atoms with van der Waals surface area (Å²) < 4.78 is 53.6. The highest BCUT2D eigenvalue weighted by Gasteiger charge is 2.18. The summed E-state index contributed by atoms with van der Waals surface area (Å²) in [6, 6.07) is 18.0. The number of nitrogens with zero attached hydrogens (tertiary/aromatic N) is 1. The summed E-state index contributed by atoms with van der Waals surface area (Å²) >= 11 is 0. The van der Waals surface area contributed by atoms with E-state index in [1.807, 2.05) is 30.3 Å². The van der Waals surface area contributed by atoms with Crippen LogP contribution in [0, 0.1) is 11.6 Å². The Hall–Kier alpha value is -3.52. The molecule has 0 aliphatic carbocycles. The van der Waals surface area contributed by atoms with Crippen LogP contribution in [0.15, 0.2) is 90.3 Å². The summed E-state index contributed by atoms with van der Waals surface area (Å²) in [4.78, 5) is 14.2. The fourth-order valence-electron chi connectivity index (χ4n) is 3.06. The lowest BCUT2D eigenvalue weighted by Gasteiger charge is -2.21. The van der Waals surface area contributed by atoms with E-state index in [0.717, 1.165) is 17.7 Å². The van der Waals surface area contributed by atoms with E-state index in [4.69, 9.17) is 0 Å². The zero-order valence-electron chi connectivity index (χ0n) is 17.2. The predicted molar refractivity (Wildman–Crippen MR) is 120 cm³/mol. The van der Waals surface area contributed by atoms with Gasteiger partial charge in [0.1, 0.15) is 0 Å². The van der Waals surface area contributed by atoms with Gasteiger partial charge in [-0.1, -0.05) is 36.4 Å². The Labute approximate surface area is 186 Å². The fourth-order valence-corrected chi connectivity index (χ4v) is 4.13. The van der Waals surface area contributed by atoms with Crippen molar-refractivity contribution >= 4 is 21.6 Å². The molecule has 0 aromatic heterocycles. The minimum absolute atomic E-state index is 0.186. The summed E-state index contributed by atoms with van der Waals surface area (Å²) in [5.74, 6) is -2.61. The highest BCUT2D eigenvalue weighted by atomic mass is 32.2. The summed E-state index contributed by atoms with van der Waals surface area (Å²) in [5, 5.41) is 0. The first-order valence-corrected chi connectivity index (χ1v) is 11.3. The Kier molecular flexibility index (Phi) is 7.37. The molecule has 166 valence electrons. The molecule has 5 nitrogen and oxygen atoms in total. The number of amides is 1. The maximum Gasteiger partial charge on any atom is 0.261 e. The first kappa shape index (κ1) is 23.1. The number of carbonyl (C=O) groups is 1. The third-order valence-electron chi connectivity index (χ3n) is 4.74. The number of rotatable bonds is 9. The Morgan fingerprint density at radius 3 is 2.28 bits per heavy atom. The van der Waals surface area contributed by atoms with Gasteiger partial charge < -0.3 is 4.90 Å². The Bertz CT molecular complexity index is 1200. The van der Waals surface area contributed by atoms with Gasteiger partial charge in [0.05, 0.1) is 4.90 Å². The topological polar surface area (TPSA) is 66.5 Å². The van der Waals surface area contributed by atoms with E-state index in [1.165, 1.54) is 24.3 Å². The first-order chi connectivity index (χ1) is 15.3. The molecule has 0 unspecified atom stereocenters. The van der Waals surface area contributed by atoms with Gasteiger partial charge >= 0.3 is 0 Å². The molecule has 32 heavy (non-hydrogen) atoms. The predicted octanol–water partition coefficient (Wildman–Crippen LogP) is 4.64. The summed E-state index contributed by atoms with van der Waals surface area (Å²) in [6.45, 7) is 4.58. The standard InChI is InChI=1S/C24H22F2N2O3S/c1-2-15-28(16-14-18-6-4-3-5-7-18)24(29)19-8-10-20(11-9-19)27-32(30,31)21-12-13-22(25)23(26)17-21/h2-13,17,27H,1,14-16H2. The fraction of sp³-hybridized carbons (Fsp3) is 0.125. The van der Waals surface area contributed by atoms with E-state index in [9.17, 15) is 22.0 Å². The highest BCUT2D eigenvalue weighted by Crippen LogP contribution is 2.19. The largest absolute Gasteiger partial charge is 0.335 e. The number of sulfonamides is 1. The SMILES string of the molecule is C=CCN(CCc1ccccc1)C(=O)c1ccc(NS(=O)(=O)c2ccc(F)c(F)c2)cc1. The van der Waals surface area contributed by atoms with Crippen LogP contribution in [0.3, 0.4) is 0 Å². The highest BCUT2D eigenvalue weighted by molar-refractivity contribution is 7.92. The molecule has 3 rings (SSSR count). The second-order valence-corrected chi connectivity index (χ2v) is 8.72. The van der Waals surface area contributed by atoms with Crippen LogP contribution in [0.2, 0.25) is 0 Å². The average Bonchev–Trinajstić information content (AvgIpc) is 2.79. The maximum atomic E-state index is 13.4. The molecule has 3 aromatic rings. The molecule has 8 heteroatoms. The number of carbonyl (C=O) groups excluding carboxylic acids is 1. The van der Waals surface area contributed by atoms with Crippen molar-refractivity contribution in [2.75, 3.05) is 17.8 Å². The molecular weight excluding hydrogens is 434 g/mol. The second kappa shape index (κ2) is 10.2. The number of hydrogen-bond acceptors (Lipinski definition) is 3. The average molecular weight is 457 g/mol. The van der Waals surface area contributed by atoms with Gasteiger partial charge in [-0.25, -0.2) is 17.2 Å². The minimum atomic E-state index is -4.12. The van der Waals surface area contributed by atoms with Crippen LogP contribution in [0.25, 0.3) is 0 Å². The molecule has 0 aliphatic heterocycles. The smallest absolute Gasteiger partial charge is 0.261 e. The number of hydrogen-bond donors (Lipinski definition) is 1. The van der Waals surface area contributed by atoms with Crippen LogP contribution in [0.1, 0.15) is 15.9 Å².